The van der Waals surface area contributed by atoms with Gasteiger partial charge in [0.15, 0.2) is 0 Å². The molecule has 4 rings (SSSR count). The summed E-state index contributed by atoms with van der Waals surface area (Å²) in [5.74, 6) is -0.277. The van der Waals surface area contributed by atoms with Crippen molar-refractivity contribution >= 4 is 23.2 Å². The lowest BCUT2D eigenvalue weighted by Crippen LogP contribution is -2.49. The molecular formula is C22H22Cl2FN3O. The lowest BCUT2D eigenvalue weighted by molar-refractivity contribution is 0.158. The molecule has 7 heteroatoms. The maximum Gasteiger partial charge on any atom is 0.329 e. The predicted octanol–water partition coefficient (Wildman–Crippen LogP) is 4.61. The highest BCUT2D eigenvalue weighted by molar-refractivity contribution is 6.42. The molecule has 0 aliphatic carbocycles. The molecule has 2 heterocycles. The molecule has 1 saturated heterocycles. The van der Waals surface area contributed by atoms with Crippen LogP contribution in [-0.4, -0.2) is 34.2 Å². The Labute approximate surface area is 179 Å². The highest BCUT2D eigenvalue weighted by atomic mass is 35.5. The average molecular weight is 434 g/mol. The molecule has 0 spiro atoms. The number of piperidine rings is 1. The van der Waals surface area contributed by atoms with Crippen LogP contribution < -0.4 is 5.69 Å². The second kappa shape index (κ2) is 7.98. The van der Waals surface area contributed by atoms with Crippen molar-refractivity contribution in [2.24, 2.45) is 0 Å². The van der Waals surface area contributed by atoms with Gasteiger partial charge in [-0.1, -0.05) is 41.4 Å². The van der Waals surface area contributed by atoms with Gasteiger partial charge in [-0.2, -0.15) is 0 Å². The maximum absolute atomic E-state index is 13.5. The van der Waals surface area contributed by atoms with Gasteiger partial charge in [0.1, 0.15) is 5.82 Å². The van der Waals surface area contributed by atoms with Gasteiger partial charge >= 0.3 is 5.69 Å². The van der Waals surface area contributed by atoms with Gasteiger partial charge in [0.05, 0.1) is 22.1 Å². The summed E-state index contributed by atoms with van der Waals surface area (Å²) < 4.78 is 17.0. The van der Waals surface area contributed by atoms with Gasteiger partial charge in [-0.15, -0.1) is 0 Å². The van der Waals surface area contributed by atoms with Gasteiger partial charge in [0, 0.05) is 25.5 Å². The second-order valence-electron chi connectivity index (χ2n) is 7.67. The Balaban J connectivity index is 1.73. The van der Waals surface area contributed by atoms with E-state index in [4.69, 9.17) is 23.2 Å². The first-order valence-corrected chi connectivity index (χ1v) is 10.3. The summed E-state index contributed by atoms with van der Waals surface area (Å²) in [5.41, 5.74) is 1.28. The molecule has 0 radical (unpaired) electrons. The minimum atomic E-state index is -0.486. The molecular weight excluding hydrogens is 412 g/mol. The number of likely N-dealkylation sites (tertiary alicyclic amines) is 1. The Morgan fingerprint density at radius 1 is 1.00 bits per heavy atom. The van der Waals surface area contributed by atoms with Crippen LogP contribution in [-0.2, 0) is 12.1 Å². The van der Waals surface area contributed by atoms with E-state index in [-0.39, 0.29) is 11.5 Å². The summed E-state index contributed by atoms with van der Waals surface area (Å²) >= 11 is 12.1. The van der Waals surface area contributed by atoms with Gasteiger partial charge in [-0.25, -0.2) is 9.18 Å². The summed E-state index contributed by atoms with van der Waals surface area (Å²) in [7, 11) is 2.08. The lowest BCUT2D eigenvalue weighted by Gasteiger charge is -2.41. The smallest absolute Gasteiger partial charge is 0.306 e. The van der Waals surface area contributed by atoms with Crippen LogP contribution in [0.15, 0.2) is 59.7 Å². The topological polar surface area (TPSA) is 30.2 Å². The second-order valence-corrected chi connectivity index (χ2v) is 8.48. The van der Waals surface area contributed by atoms with E-state index in [0.29, 0.717) is 16.6 Å². The Morgan fingerprint density at radius 2 is 1.69 bits per heavy atom. The van der Waals surface area contributed by atoms with E-state index in [1.54, 1.807) is 35.0 Å². The van der Waals surface area contributed by atoms with E-state index in [0.717, 1.165) is 37.1 Å². The van der Waals surface area contributed by atoms with Gasteiger partial charge in [0.2, 0.25) is 0 Å². The van der Waals surface area contributed by atoms with Crippen molar-refractivity contribution < 1.29 is 4.39 Å². The molecule has 2 aromatic carbocycles. The zero-order valence-corrected chi connectivity index (χ0v) is 17.6. The summed E-state index contributed by atoms with van der Waals surface area (Å²) in [6.07, 6.45) is 5.21. The van der Waals surface area contributed by atoms with Crippen molar-refractivity contribution in [1.82, 2.24) is 14.0 Å². The van der Waals surface area contributed by atoms with Crippen LogP contribution in [0.1, 0.15) is 24.0 Å². The van der Waals surface area contributed by atoms with Crippen molar-refractivity contribution in [3.8, 4) is 0 Å². The molecule has 1 aliphatic heterocycles. The maximum atomic E-state index is 13.5. The number of halogens is 3. The van der Waals surface area contributed by atoms with Crippen LogP contribution in [0.4, 0.5) is 4.39 Å². The van der Waals surface area contributed by atoms with Gasteiger partial charge in [-0.3, -0.25) is 9.13 Å². The fourth-order valence-electron chi connectivity index (χ4n) is 4.11. The highest BCUT2D eigenvalue weighted by Gasteiger charge is 2.38. The third-order valence-electron chi connectivity index (χ3n) is 5.84. The molecule has 4 nitrogen and oxygen atoms in total. The summed E-state index contributed by atoms with van der Waals surface area (Å²) in [4.78, 5) is 15.6. The normalized spacial score (nSPS) is 16.8. The van der Waals surface area contributed by atoms with Crippen LogP contribution >= 0.6 is 23.2 Å². The fraction of sp³-hybridized carbons (Fsp3) is 0.318. The van der Waals surface area contributed by atoms with E-state index in [1.165, 1.54) is 12.1 Å². The first-order valence-electron chi connectivity index (χ1n) is 9.56. The van der Waals surface area contributed by atoms with Crippen molar-refractivity contribution in [2.75, 3.05) is 20.1 Å². The van der Waals surface area contributed by atoms with Gasteiger partial charge < -0.3 is 4.90 Å². The van der Waals surface area contributed by atoms with Crippen LogP contribution in [0.3, 0.4) is 0 Å². The molecule has 1 fully saturated rings. The average Bonchev–Trinajstić information content (AvgIpc) is 3.07. The number of nitrogens with zero attached hydrogens (tertiary/aromatic N) is 3. The SMILES string of the molecule is CN1CCC(c2ccc(F)cc2)(n2ccn(Cc3ccc(Cl)c(Cl)c3)c2=O)CC1. The van der Waals surface area contributed by atoms with Gasteiger partial charge in [-0.05, 0) is 55.3 Å². The number of aromatic nitrogens is 2. The highest BCUT2D eigenvalue weighted by Crippen LogP contribution is 2.36. The third kappa shape index (κ3) is 3.87. The van der Waals surface area contributed by atoms with Crippen molar-refractivity contribution in [3.05, 3.63) is 92.3 Å². The van der Waals surface area contributed by atoms with Crippen LogP contribution in [0.5, 0.6) is 0 Å². The Bertz CT molecular complexity index is 1070. The van der Waals surface area contributed by atoms with E-state index in [9.17, 15) is 9.18 Å². The molecule has 1 aromatic heterocycles. The minimum absolute atomic E-state index is 0.0926. The number of hydrogen-bond donors (Lipinski definition) is 0. The minimum Gasteiger partial charge on any atom is -0.306 e. The molecule has 0 bridgehead atoms. The number of benzene rings is 2. The van der Waals surface area contributed by atoms with E-state index < -0.39 is 5.54 Å². The van der Waals surface area contributed by atoms with Crippen LogP contribution in [0, 0.1) is 5.82 Å². The van der Waals surface area contributed by atoms with Gasteiger partial charge in [0.25, 0.3) is 0 Å². The molecule has 0 amide bonds. The van der Waals surface area contributed by atoms with Crippen molar-refractivity contribution in [3.63, 3.8) is 0 Å². The Hall–Kier alpha value is -2.08. The van der Waals surface area contributed by atoms with E-state index in [1.807, 2.05) is 16.8 Å². The first-order chi connectivity index (χ1) is 13.9. The molecule has 152 valence electrons. The van der Waals surface area contributed by atoms with E-state index >= 15 is 0 Å². The molecule has 0 saturated carbocycles. The fourth-order valence-corrected chi connectivity index (χ4v) is 4.43. The van der Waals surface area contributed by atoms with Crippen molar-refractivity contribution in [1.29, 1.82) is 0 Å². The zero-order chi connectivity index (χ0) is 20.6. The third-order valence-corrected chi connectivity index (χ3v) is 6.58. The largest absolute Gasteiger partial charge is 0.329 e. The molecule has 1 aliphatic rings. The molecule has 0 atom stereocenters. The van der Waals surface area contributed by atoms with Crippen LogP contribution in [0.2, 0.25) is 10.0 Å². The monoisotopic (exact) mass is 433 g/mol. The lowest BCUT2D eigenvalue weighted by atomic mass is 9.80. The van der Waals surface area contributed by atoms with E-state index in [2.05, 4.69) is 11.9 Å². The summed E-state index contributed by atoms with van der Waals surface area (Å²) in [5, 5.41) is 0.955. The zero-order valence-electron chi connectivity index (χ0n) is 16.1. The number of hydrogen-bond acceptors (Lipinski definition) is 2. The molecule has 29 heavy (non-hydrogen) atoms. The predicted molar refractivity (Wildman–Crippen MR) is 114 cm³/mol. The standard InChI is InChI=1S/C22H22Cl2FN3O/c1-26-10-8-22(9-11-26,17-3-5-18(25)6-4-17)28-13-12-27(21(28)29)15-16-2-7-19(23)20(24)14-16/h2-7,12-14H,8-11,15H2,1H3. The molecule has 0 unspecified atom stereocenters. The molecule has 0 N–H and O–H groups in total. The number of rotatable bonds is 4. The Kier molecular flexibility index (Phi) is 5.56. The Morgan fingerprint density at radius 3 is 2.34 bits per heavy atom. The molecule has 3 aromatic rings. The number of imidazole rings is 1. The van der Waals surface area contributed by atoms with Crippen molar-refractivity contribution in [2.45, 2.75) is 24.9 Å². The summed E-state index contributed by atoms with van der Waals surface area (Å²) in [6, 6.07) is 11.9. The van der Waals surface area contributed by atoms with Crippen LogP contribution in [0.25, 0.3) is 0 Å². The summed E-state index contributed by atoms with van der Waals surface area (Å²) in [6.45, 7) is 2.13. The quantitative estimate of drug-likeness (QED) is 0.600. The first kappa shape index (κ1) is 20.2.